The van der Waals surface area contributed by atoms with Crippen LogP contribution in [0.2, 0.25) is 0 Å². The van der Waals surface area contributed by atoms with E-state index in [4.69, 9.17) is 4.84 Å². The smallest absolute Gasteiger partial charge is 0.330 e. The molecule has 0 aromatic carbocycles. The number of carbonyl (C=O) groups is 3. The number of imide groups is 1. The molecule has 0 radical (unpaired) electrons. The summed E-state index contributed by atoms with van der Waals surface area (Å²) < 4.78 is 0. The third-order valence-corrected chi connectivity index (χ3v) is 5.04. The van der Waals surface area contributed by atoms with Crippen LogP contribution in [0.3, 0.4) is 0 Å². The van der Waals surface area contributed by atoms with E-state index in [2.05, 4.69) is 20.8 Å². The molecule has 1 saturated heterocycles. The third kappa shape index (κ3) is 6.33. The van der Waals surface area contributed by atoms with Gasteiger partial charge in [0.05, 0.1) is 6.42 Å². The Morgan fingerprint density at radius 2 is 1.79 bits per heavy atom. The first-order chi connectivity index (χ1) is 8.79. The first-order valence-corrected chi connectivity index (χ1v) is 8.59. The van der Waals surface area contributed by atoms with Crippen molar-refractivity contribution in [2.24, 2.45) is 5.41 Å². The summed E-state index contributed by atoms with van der Waals surface area (Å²) >= 11 is 0. The van der Waals surface area contributed by atoms with Crippen molar-refractivity contribution in [3.8, 4) is 0 Å². The lowest BCUT2D eigenvalue weighted by atomic mass is 10.0. The van der Waals surface area contributed by atoms with Gasteiger partial charge in [-0.3, -0.25) is 9.59 Å². The number of hydrogen-bond acceptors (Lipinski definition) is 6. The van der Waals surface area contributed by atoms with Crippen LogP contribution in [0.1, 0.15) is 40.0 Å². The lowest BCUT2D eigenvalue weighted by molar-refractivity contribution is -0.197. The minimum Gasteiger partial charge on any atom is -0.330 e. The van der Waals surface area contributed by atoms with Crippen molar-refractivity contribution >= 4 is 39.4 Å². The van der Waals surface area contributed by atoms with E-state index >= 15 is 0 Å². The van der Waals surface area contributed by atoms with Crippen molar-refractivity contribution < 1.29 is 19.2 Å². The maximum Gasteiger partial charge on any atom is 0.334 e. The molecule has 7 heteroatoms. The molecule has 2 amide bonds. The van der Waals surface area contributed by atoms with Gasteiger partial charge in [-0.05, 0) is 5.41 Å². The van der Waals surface area contributed by atoms with Crippen molar-refractivity contribution in [3.63, 3.8) is 0 Å². The zero-order chi connectivity index (χ0) is 14.5. The van der Waals surface area contributed by atoms with Crippen LogP contribution in [0, 0.1) is 5.41 Å². The fourth-order valence-electron chi connectivity index (χ4n) is 1.21. The molecule has 1 rings (SSSR count). The topological polar surface area (TPSA) is 63.7 Å². The molecule has 0 N–H and O–H groups in total. The van der Waals surface area contributed by atoms with Gasteiger partial charge in [-0.15, -0.1) is 5.06 Å². The summed E-state index contributed by atoms with van der Waals surface area (Å²) in [5, 5.41) is 0.593. The SMILES string of the molecule is CC(C)(C)CSSCCC(=O)ON1C(=O)CCC1=O. The summed E-state index contributed by atoms with van der Waals surface area (Å²) in [4.78, 5) is 38.7. The molecule has 0 spiro atoms. The Labute approximate surface area is 121 Å². The van der Waals surface area contributed by atoms with Crippen LogP contribution in [-0.2, 0) is 19.2 Å². The Hall–Kier alpha value is -0.690. The van der Waals surface area contributed by atoms with Crippen LogP contribution in [-0.4, -0.2) is 34.4 Å². The Balaban J connectivity index is 2.15. The summed E-state index contributed by atoms with van der Waals surface area (Å²) in [6.45, 7) is 6.46. The number of hydrogen-bond donors (Lipinski definition) is 0. The second kappa shape index (κ2) is 7.19. The van der Waals surface area contributed by atoms with Crippen LogP contribution in [0.4, 0.5) is 0 Å². The highest BCUT2D eigenvalue weighted by Crippen LogP contribution is 2.30. The lowest BCUT2D eigenvalue weighted by Gasteiger charge is -2.16. The molecule has 0 saturated carbocycles. The van der Waals surface area contributed by atoms with Crippen molar-refractivity contribution in [1.29, 1.82) is 0 Å². The molecule has 0 bridgehead atoms. The van der Waals surface area contributed by atoms with Gasteiger partial charge in [0.1, 0.15) is 0 Å². The fraction of sp³-hybridized carbons (Fsp3) is 0.750. The summed E-state index contributed by atoms with van der Waals surface area (Å²) in [7, 11) is 3.30. The zero-order valence-electron chi connectivity index (χ0n) is 11.4. The summed E-state index contributed by atoms with van der Waals surface area (Å²) in [6.07, 6.45) is 0.448. The van der Waals surface area contributed by atoms with E-state index < -0.39 is 17.8 Å². The highest BCUT2D eigenvalue weighted by molar-refractivity contribution is 8.76. The number of rotatable bonds is 6. The van der Waals surface area contributed by atoms with E-state index in [1.807, 2.05) is 0 Å². The molecule has 108 valence electrons. The largest absolute Gasteiger partial charge is 0.334 e. The average Bonchev–Trinajstić information content (AvgIpc) is 2.59. The van der Waals surface area contributed by atoms with Gasteiger partial charge in [0.2, 0.25) is 0 Å². The van der Waals surface area contributed by atoms with Crippen molar-refractivity contribution in [2.75, 3.05) is 11.5 Å². The molecule has 0 aromatic rings. The molecule has 5 nitrogen and oxygen atoms in total. The molecule has 0 atom stereocenters. The first-order valence-electron chi connectivity index (χ1n) is 6.10. The van der Waals surface area contributed by atoms with Crippen LogP contribution >= 0.6 is 21.6 Å². The van der Waals surface area contributed by atoms with Crippen molar-refractivity contribution in [1.82, 2.24) is 5.06 Å². The third-order valence-electron chi connectivity index (χ3n) is 2.16. The summed E-state index contributed by atoms with van der Waals surface area (Å²) in [5.41, 5.74) is 0.257. The summed E-state index contributed by atoms with van der Waals surface area (Å²) in [6, 6.07) is 0. The van der Waals surface area contributed by atoms with E-state index in [1.165, 1.54) is 0 Å². The van der Waals surface area contributed by atoms with Crippen LogP contribution in [0.5, 0.6) is 0 Å². The second-order valence-corrected chi connectivity index (χ2v) is 8.02. The minimum atomic E-state index is -0.535. The Bertz CT molecular complexity index is 349. The lowest BCUT2D eigenvalue weighted by Crippen LogP contribution is -2.32. The number of amides is 2. The monoisotopic (exact) mass is 305 g/mol. The predicted molar refractivity (Wildman–Crippen MR) is 76.2 cm³/mol. The van der Waals surface area contributed by atoms with Gasteiger partial charge in [0, 0.05) is 24.3 Å². The van der Waals surface area contributed by atoms with Gasteiger partial charge in [0.25, 0.3) is 11.8 Å². The van der Waals surface area contributed by atoms with Crippen molar-refractivity contribution in [3.05, 3.63) is 0 Å². The van der Waals surface area contributed by atoms with Crippen LogP contribution in [0.25, 0.3) is 0 Å². The number of hydroxylamine groups is 2. The molecule has 0 aromatic heterocycles. The number of nitrogens with zero attached hydrogens (tertiary/aromatic N) is 1. The van der Waals surface area contributed by atoms with E-state index in [-0.39, 0.29) is 24.7 Å². The average molecular weight is 305 g/mol. The second-order valence-electron chi connectivity index (χ2n) is 5.44. The van der Waals surface area contributed by atoms with E-state index in [9.17, 15) is 14.4 Å². The standard InChI is InChI=1S/C12H19NO4S2/c1-12(2,3)8-19-18-7-6-11(16)17-13-9(14)4-5-10(13)15/h4-8H2,1-3H3. The van der Waals surface area contributed by atoms with Gasteiger partial charge in [-0.1, -0.05) is 42.4 Å². The highest BCUT2D eigenvalue weighted by Gasteiger charge is 2.32. The zero-order valence-corrected chi connectivity index (χ0v) is 13.1. The van der Waals surface area contributed by atoms with Gasteiger partial charge in [-0.2, -0.15) is 0 Å². The van der Waals surface area contributed by atoms with Crippen LogP contribution in [0.15, 0.2) is 0 Å². The van der Waals surface area contributed by atoms with Gasteiger partial charge >= 0.3 is 5.97 Å². The molecule has 1 heterocycles. The Morgan fingerprint density at radius 1 is 1.21 bits per heavy atom. The minimum absolute atomic E-state index is 0.127. The van der Waals surface area contributed by atoms with E-state index in [1.54, 1.807) is 21.6 Å². The molecular weight excluding hydrogens is 286 g/mol. The van der Waals surface area contributed by atoms with Gasteiger partial charge in [0.15, 0.2) is 0 Å². The highest BCUT2D eigenvalue weighted by atomic mass is 33.1. The van der Waals surface area contributed by atoms with E-state index in [0.717, 1.165) is 5.75 Å². The predicted octanol–water partition coefficient (Wildman–Crippen LogP) is 2.41. The Kier molecular flexibility index (Phi) is 6.19. The van der Waals surface area contributed by atoms with Crippen LogP contribution < -0.4 is 0 Å². The molecule has 1 aliphatic heterocycles. The van der Waals surface area contributed by atoms with Crippen molar-refractivity contribution in [2.45, 2.75) is 40.0 Å². The maximum absolute atomic E-state index is 11.5. The molecule has 0 aliphatic carbocycles. The van der Waals surface area contributed by atoms with E-state index in [0.29, 0.717) is 10.8 Å². The molecule has 1 fully saturated rings. The molecule has 19 heavy (non-hydrogen) atoms. The normalized spacial score (nSPS) is 16.1. The number of carbonyl (C=O) groups excluding carboxylic acids is 3. The molecule has 0 unspecified atom stereocenters. The molecule has 1 aliphatic rings. The fourth-order valence-corrected chi connectivity index (χ4v) is 3.93. The van der Waals surface area contributed by atoms with Gasteiger partial charge in [-0.25, -0.2) is 4.79 Å². The van der Waals surface area contributed by atoms with Gasteiger partial charge < -0.3 is 4.84 Å². The summed E-state index contributed by atoms with van der Waals surface area (Å²) in [5.74, 6) is 0.194. The maximum atomic E-state index is 11.5. The first kappa shape index (κ1) is 16.4. The quantitative estimate of drug-likeness (QED) is 0.426. The Morgan fingerprint density at radius 3 is 2.32 bits per heavy atom. The molecular formula is C12H19NO4S2.